The van der Waals surface area contributed by atoms with Crippen LogP contribution in [0, 0.1) is 13.8 Å². The molecule has 1 heterocycles. The zero-order valence-corrected chi connectivity index (χ0v) is 10.0. The molecule has 0 spiro atoms. The highest BCUT2D eigenvalue weighted by Gasteiger charge is 2.06. The Morgan fingerprint density at radius 2 is 2.13 bits per heavy atom. The van der Waals surface area contributed by atoms with E-state index in [9.17, 15) is 0 Å². The van der Waals surface area contributed by atoms with Gasteiger partial charge in [-0.2, -0.15) is 0 Å². The molecule has 0 saturated carbocycles. The van der Waals surface area contributed by atoms with Crippen LogP contribution in [0.5, 0.6) is 0 Å². The van der Waals surface area contributed by atoms with Crippen molar-refractivity contribution in [2.45, 2.75) is 20.8 Å². The highest BCUT2D eigenvalue weighted by atomic mass is 15.2. The van der Waals surface area contributed by atoms with E-state index in [2.05, 4.69) is 27.1 Å². The molecular formula is C11H20N4. The maximum atomic E-state index is 4.49. The number of hydrogen-bond acceptors (Lipinski definition) is 4. The second kappa shape index (κ2) is 5.66. The molecule has 0 aromatic carbocycles. The Balaban J connectivity index is 2.64. The summed E-state index contributed by atoms with van der Waals surface area (Å²) in [6.45, 7) is 9.00. The average molecular weight is 208 g/mol. The Bertz CT molecular complexity index is 311. The molecule has 0 aliphatic carbocycles. The summed E-state index contributed by atoms with van der Waals surface area (Å²) in [6, 6.07) is 0. The van der Waals surface area contributed by atoms with Crippen LogP contribution >= 0.6 is 0 Å². The van der Waals surface area contributed by atoms with Gasteiger partial charge in [-0.05, 0) is 20.4 Å². The van der Waals surface area contributed by atoms with Crippen molar-refractivity contribution in [1.82, 2.24) is 15.3 Å². The van der Waals surface area contributed by atoms with Gasteiger partial charge in [0.25, 0.3) is 0 Å². The molecule has 1 aromatic rings. The second-order valence-electron chi connectivity index (χ2n) is 3.70. The number of anilines is 1. The van der Waals surface area contributed by atoms with Crippen molar-refractivity contribution in [3.05, 3.63) is 17.6 Å². The lowest BCUT2D eigenvalue weighted by Gasteiger charge is -2.19. The molecule has 4 nitrogen and oxygen atoms in total. The van der Waals surface area contributed by atoms with Gasteiger partial charge in [0.2, 0.25) is 0 Å². The molecular weight excluding hydrogens is 188 g/mol. The van der Waals surface area contributed by atoms with E-state index >= 15 is 0 Å². The van der Waals surface area contributed by atoms with Gasteiger partial charge in [-0.25, -0.2) is 4.98 Å². The fourth-order valence-electron chi connectivity index (χ4n) is 1.42. The Morgan fingerprint density at radius 1 is 1.40 bits per heavy atom. The molecule has 0 radical (unpaired) electrons. The zero-order valence-electron chi connectivity index (χ0n) is 10.0. The van der Waals surface area contributed by atoms with Gasteiger partial charge >= 0.3 is 0 Å². The number of nitrogens with zero attached hydrogens (tertiary/aromatic N) is 3. The van der Waals surface area contributed by atoms with Crippen molar-refractivity contribution >= 4 is 5.82 Å². The van der Waals surface area contributed by atoms with Crippen LogP contribution in [0.2, 0.25) is 0 Å². The molecule has 0 amide bonds. The maximum Gasteiger partial charge on any atom is 0.150 e. The van der Waals surface area contributed by atoms with Gasteiger partial charge in [0.1, 0.15) is 5.82 Å². The Kier molecular flexibility index (Phi) is 4.49. The summed E-state index contributed by atoms with van der Waals surface area (Å²) in [5.74, 6) is 0.980. The van der Waals surface area contributed by atoms with Crippen molar-refractivity contribution in [3.63, 3.8) is 0 Å². The van der Waals surface area contributed by atoms with Crippen molar-refractivity contribution in [1.29, 1.82) is 0 Å². The van der Waals surface area contributed by atoms with Gasteiger partial charge < -0.3 is 10.2 Å². The van der Waals surface area contributed by atoms with Crippen molar-refractivity contribution in [2.75, 3.05) is 31.6 Å². The van der Waals surface area contributed by atoms with Crippen LogP contribution in [0.15, 0.2) is 6.20 Å². The molecule has 15 heavy (non-hydrogen) atoms. The van der Waals surface area contributed by atoms with Crippen LogP contribution in [0.1, 0.15) is 18.3 Å². The molecule has 0 saturated heterocycles. The second-order valence-corrected chi connectivity index (χ2v) is 3.70. The molecule has 0 atom stereocenters. The standard InChI is InChI=1S/C11H20N4/c1-5-12-6-7-15(4)11-10(3)13-8-9(2)14-11/h8,12H,5-7H2,1-4H3. The zero-order chi connectivity index (χ0) is 11.3. The van der Waals surface area contributed by atoms with Crippen LogP contribution in [-0.4, -0.2) is 36.6 Å². The molecule has 1 N–H and O–H groups in total. The molecule has 1 aromatic heterocycles. The molecule has 84 valence electrons. The number of aromatic nitrogens is 2. The number of aryl methyl sites for hydroxylation is 2. The fraction of sp³-hybridized carbons (Fsp3) is 0.636. The van der Waals surface area contributed by atoms with E-state index in [0.717, 1.165) is 36.8 Å². The Hall–Kier alpha value is -1.16. The van der Waals surface area contributed by atoms with Gasteiger partial charge in [-0.15, -0.1) is 0 Å². The third-order valence-corrected chi connectivity index (χ3v) is 2.29. The third kappa shape index (κ3) is 3.47. The smallest absolute Gasteiger partial charge is 0.150 e. The molecule has 0 aliphatic heterocycles. The van der Waals surface area contributed by atoms with Crippen LogP contribution in [-0.2, 0) is 0 Å². The highest BCUT2D eigenvalue weighted by molar-refractivity contribution is 5.42. The molecule has 0 unspecified atom stereocenters. The first kappa shape index (κ1) is 11.9. The average Bonchev–Trinajstić information content (AvgIpc) is 2.22. The molecule has 0 aliphatic rings. The summed E-state index contributed by atoms with van der Waals surface area (Å²) in [6.07, 6.45) is 1.80. The molecule has 1 rings (SSSR count). The summed E-state index contributed by atoms with van der Waals surface area (Å²) in [7, 11) is 2.05. The Morgan fingerprint density at radius 3 is 2.80 bits per heavy atom. The summed E-state index contributed by atoms with van der Waals surface area (Å²) < 4.78 is 0. The molecule has 0 fully saturated rings. The minimum absolute atomic E-state index is 0.951. The predicted molar refractivity (Wildman–Crippen MR) is 63.3 cm³/mol. The largest absolute Gasteiger partial charge is 0.357 e. The maximum absolute atomic E-state index is 4.49. The van der Waals surface area contributed by atoms with E-state index in [0.29, 0.717) is 0 Å². The lowest BCUT2D eigenvalue weighted by Crippen LogP contribution is -2.30. The van der Waals surface area contributed by atoms with Crippen molar-refractivity contribution in [2.24, 2.45) is 0 Å². The van der Waals surface area contributed by atoms with E-state index < -0.39 is 0 Å². The van der Waals surface area contributed by atoms with E-state index in [1.165, 1.54) is 0 Å². The van der Waals surface area contributed by atoms with Gasteiger partial charge in [0, 0.05) is 26.3 Å². The quantitative estimate of drug-likeness (QED) is 0.737. The summed E-state index contributed by atoms with van der Waals surface area (Å²) in [5, 5.41) is 3.29. The van der Waals surface area contributed by atoms with E-state index in [-0.39, 0.29) is 0 Å². The third-order valence-electron chi connectivity index (χ3n) is 2.29. The molecule has 4 heteroatoms. The lowest BCUT2D eigenvalue weighted by molar-refractivity contribution is 0.700. The summed E-state index contributed by atoms with van der Waals surface area (Å²) in [5.41, 5.74) is 1.95. The lowest BCUT2D eigenvalue weighted by atomic mass is 10.3. The summed E-state index contributed by atoms with van der Waals surface area (Å²) >= 11 is 0. The minimum atomic E-state index is 0.951. The first-order chi connectivity index (χ1) is 7.15. The van der Waals surface area contributed by atoms with E-state index in [1.807, 2.05) is 20.9 Å². The predicted octanol–water partition coefficient (Wildman–Crippen LogP) is 1.14. The van der Waals surface area contributed by atoms with Gasteiger partial charge in [-0.1, -0.05) is 6.92 Å². The van der Waals surface area contributed by atoms with E-state index in [4.69, 9.17) is 0 Å². The minimum Gasteiger partial charge on any atom is -0.357 e. The molecule has 0 bridgehead atoms. The first-order valence-electron chi connectivity index (χ1n) is 5.37. The number of hydrogen-bond donors (Lipinski definition) is 1. The normalized spacial score (nSPS) is 10.4. The van der Waals surface area contributed by atoms with Gasteiger partial charge in [0.05, 0.1) is 11.4 Å². The van der Waals surface area contributed by atoms with Crippen LogP contribution in [0.4, 0.5) is 5.82 Å². The van der Waals surface area contributed by atoms with Crippen LogP contribution in [0.25, 0.3) is 0 Å². The topological polar surface area (TPSA) is 41.0 Å². The SMILES string of the molecule is CCNCCN(C)c1nc(C)cnc1C. The van der Waals surface area contributed by atoms with Crippen LogP contribution < -0.4 is 10.2 Å². The van der Waals surface area contributed by atoms with Gasteiger partial charge in [-0.3, -0.25) is 4.98 Å². The van der Waals surface area contributed by atoms with Crippen LogP contribution in [0.3, 0.4) is 0 Å². The van der Waals surface area contributed by atoms with Crippen molar-refractivity contribution in [3.8, 4) is 0 Å². The van der Waals surface area contributed by atoms with E-state index in [1.54, 1.807) is 6.20 Å². The number of likely N-dealkylation sites (N-methyl/N-ethyl adjacent to an activating group) is 2. The number of rotatable bonds is 5. The first-order valence-corrected chi connectivity index (χ1v) is 5.37. The highest BCUT2D eigenvalue weighted by Crippen LogP contribution is 2.12. The fourth-order valence-corrected chi connectivity index (χ4v) is 1.42. The Labute approximate surface area is 91.7 Å². The monoisotopic (exact) mass is 208 g/mol. The number of nitrogens with one attached hydrogen (secondary N) is 1. The van der Waals surface area contributed by atoms with Gasteiger partial charge in [0.15, 0.2) is 0 Å². The van der Waals surface area contributed by atoms with Crippen molar-refractivity contribution < 1.29 is 0 Å². The summed E-state index contributed by atoms with van der Waals surface area (Å²) in [4.78, 5) is 10.9.